The van der Waals surface area contributed by atoms with Gasteiger partial charge in [0.25, 0.3) is 0 Å². The minimum atomic E-state index is -0.283. The van der Waals surface area contributed by atoms with E-state index in [0.29, 0.717) is 6.61 Å². The lowest BCUT2D eigenvalue weighted by atomic mass is 9.89. The second-order valence-electron chi connectivity index (χ2n) is 6.90. The largest absolute Gasteiger partial charge is 0.463 e. The third-order valence-corrected chi connectivity index (χ3v) is 5.19. The quantitative estimate of drug-likeness (QED) is 0.405. The van der Waals surface area contributed by atoms with Crippen molar-refractivity contribution in [2.45, 2.75) is 51.9 Å². The third-order valence-electron chi connectivity index (χ3n) is 5.19. The lowest BCUT2D eigenvalue weighted by Crippen LogP contribution is -1.99. The highest BCUT2D eigenvalue weighted by molar-refractivity contribution is 5.83. The number of carbonyl (C=O) groups is 1. The predicted molar refractivity (Wildman–Crippen MR) is 99.0 cm³/mol. The molecule has 3 rings (SSSR count). The first-order chi connectivity index (χ1) is 11.6. The van der Waals surface area contributed by atoms with Crippen LogP contribution in [0.2, 0.25) is 0 Å². The molecule has 2 aliphatic rings. The van der Waals surface area contributed by atoms with Gasteiger partial charge in [0.15, 0.2) is 0 Å². The van der Waals surface area contributed by atoms with E-state index in [1.807, 2.05) is 26.0 Å². The van der Waals surface area contributed by atoms with E-state index in [1.54, 1.807) is 11.1 Å². The Morgan fingerprint density at radius 2 is 1.96 bits per heavy atom. The maximum Gasteiger partial charge on any atom is 0.330 e. The molecule has 0 radical (unpaired) electrons. The van der Waals surface area contributed by atoms with E-state index in [2.05, 4.69) is 31.2 Å². The van der Waals surface area contributed by atoms with Crippen LogP contribution in [0, 0.1) is 0 Å². The highest BCUT2D eigenvalue weighted by Crippen LogP contribution is 2.53. The molecule has 2 aliphatic carbocycles. The maximum absolute atomic E-state index is 11.4. The Kier molecular flexibility index (Phi) is 5.03. The Balaban J connectivity index is 1.69. The van der Waals surface area contributed by atoms with Gasteiger partial charge in [-0.25, -0.2) is 4.79 Å². The molecule has 0 aliphatic heterocycles. The van der Waals surface area contributed by atoms with Crippen LogP contribution in [0.15, 0.2) is 48.1 Å². The number of fused-ring (bicyclic) bond motifs is 5. The molecule has 0 heterocycles. The molecule has 0 aromatic heterocycles. The Labute approximate surface area is 144 Å². The van der Waals surface area contributed by atoms with Gasteiger partial charge in [-0.3, -0.25) is 0 Å². The molecule has 0 amide bonds. The molecule has 1 aromatic rings. The lowest BCUT2D eigenvalue weighted by molar-refractivity contribution is -0.137. The molecule has 1 aromatic carbocycles. The Hall–Kier alpha value is -2.09. The van der Waals surface area contributed by atoms with Crippen LogP contribution in [0.5, 0.6) is 0 Å². The second-order valence-corrected chi connectivity index (χ2v) is 6.90. The Bertz CT molecular complexity index is 721. The molecule has 0 spiro atoms. The molecule has 1 saturated carbocycles. The first-order valence-corrected chi connectivity index (χ1v) is 8.92. The third kappa shape index (κ3) is 3.53. The molecule has 2 heteroatoms. The summed E-state index contributed by atoms with van der Waals surface area (Å²) in [4.78, 5) is 11.4. The van der Waals surface area contributed by atoms with Crippen LogP contribution >= 0.6 is 0 Å². The summed E-state index contributed by atoms with van der Waals surface area (Å²) in [7, 11) is 0. The van der Waals surface area contributed by atoms with Crippen LogP contribution in [-0.4, -0.2) is 12.6 Å². The van der Waals surface area contributed by atoms with Gasteiger partial charge in [0.2, 0.25) is 0 Å². The molecule has 2 nitrogen and oxygen atoms in total. The van der Waals surface area contributed by atoms with E-state index < -0.39 is 0 Å². The van der Waals surface area contributed by atoms with Crippen molar-refractivity contribution in [3.05, 3.63) is 64.8 Å². The normalized spacial score (nSPS) is 23.0. The number of hydrogen-bond acceptors (Lipinski definition) is 2. The monoisotopic (exact) mass is 322 g/mol. The van der Waals surface area contributed by atoms with E-state index in [4.69, 9.17) is 4.74 Å². The van der Waals surface area contributed by atoms with Gasteiger partial charge in [-0.05, 0) is 79.7 Å². The van der Waals surface area contributed by atoms with Crippen LogP contribution in [0.4, 0.5) is 0 Å². The van der Waals surface area contributed by atoms with Gasteiger partial charge in [-0.15, -0.1) is 0 Å². The molecule has 1 fully saturated rings. The zero-order valence-electron chi connectivity index (χ0n) is 14.8. The number of ether oxygens (including phenoxy) is 1. The van der Waals surface area contributed by atoms with Crippen molar-refractivity contribution in [3.63, 3.8) is 0 Å². The molecule has 2 atom stereocenters. The minimum absolute atomic E-state index is 0.283. The topological polar surface area (TPSA) is 26.3 Å². The molecule has 2 bridgehead atoms. The molecule has 126 valence electrons. The number of benzene rings is 1. The summed E-state index contributed by atoms with van der Waals surface area (Å²) < 4.78 is 4.91. The molecule has 24 heavy (non-hydrogen) atoms. The Morgan fingerprint density at radius 1 is 1.21 bits per heavy atom. The maximum atomic E-state index is 11.4. The molecular weight excluding hydrogens is 296 g/mol. The van der Waals surface area contributed by atoms with E-state index in [-0.39, 0.29) is 5.97 Å². The first-order valence-electron chi connectivity index (χ1n) is 8.92. The smallest absolute Gasteiger partial charge is 0.330 e. The number of allylic oxidation sites excluding steroid dienone is 5. The van der Waals surface area contributed by atoms with Crippen molar-refractivity contribution in [2.24, 2.45) is 0 Å². The highest BCUT2D eigenvalue weighted by atomic mass is 16.5. The van der Waals surface area contributed by atoms with Crippen molar-refractivity contribution >= 4 is 11.5 Å². The fourth-order valence-electron chi connectivity index (χ4n) is 3.95. The lowest BCUT2D eigenvalue weighted by Gasteiger charge is -2.16. The van der Waals surface area contributed by atoms with E-state index >= 15 is 0 Å². The van der Waals surface area contributed by atoms with Gasteiger partial charge in [0, 0.05) is 6.08 Å². The summed E-state index contributed by atoms with van der Waals surface area (Å²) in [6.45, 7) is 6.27. The summed E-state index contributed by atoms with van der Waals surface area (Å²) >= 11 is 0. The molecule has 0 saturated heterocycles. The number of carbonyl (C=O) groups excluding carboxylic acids is 1. The van der Waals surface area contributed by atoms with Gasteiger partial charge in [0.05, 0.1) is 6.61 Å². The zero-order chi connectivity index (χ0) is 17.1. The molecule has 2 unspecified atom stereocenters. The zero-order valence-corrected chi connectivity index (χ0v) is 14.8. The van der Waals surface area contributed by atoms with E-state index in [1.165, 1.54) is 36.5 Å². The van der Waals surface area contributed by atoms with Gasteiger partial charge in [0.1, 0.15) is 0 Å². The van der Waals surface area contributed by atoms with Crippen molar-refractivity contribution < 1.29 is 9.53 Å². The van der Waals surface area contributed by atoms with Gasteiger partial charge >= 0.3 is 5.97 Å². The van der Waals surface area contributed by atoms with Crippen LogP contribution in [0.25, 0.3) is 5.57 Å². The summed E-state index contributed by atoms with van der Waals surface area (Å²) in [5, 5.41) is 0. The van der Waals surface area contributed by atoms with Crippen LogP contribution in [-0.2, 0) is 9.53 Å². The number of esters is 1. The number of rotatable bonds is 5. The summed E-state index contributed by atoms with van der Waals surface area (Å²) in [6, 6.07) is 6.97. The average Bonchev–Trinajstić information content (AvgIpc) is 3.16. The van der Waals surface area contributed by atoms with Gasteiger partial charge in [-0.1, -0.05) is 36.4 Å². The van der Waals surface area contributed by atoms with Crippen molar-refractivity contribution in [3.8, 4) is 0 Å². The summed E-state index contributed by atoms with van der Waals surface area (Å²) in [5.74, 6) is 1.33. The molecule has 0 N–H and O–H groups in total. The van der Waals surface area contributed by atoms with Crippen LogP contribution in [0.1, 0.15) is 68.6 Å². The van der Waals surface area contributed by atoms with Crippen molar-refractivity contribution in [1.29, 1.82) is 0 Å². The van der Waals surface area contributed by atoms with Crippen LogP contribution < -0.4 is 0 Å². The average molecular weight is 322 g/mol. The van der Waals surface area contributed by atoms with E-state index in [0.717, 1.165) is 17.4 Å². The Morgan fingerprint density at radius 3 is 2.71 bits per heavy atom. The highest BCUT2D eigenvalue weighted by Gasteiger charge is 2.36. The summed E-state index contributed by atoms with van der Waals surface area (Å²) in [5.41, 5.74) is 6.62. The second kappa shape index (κ2) is 7.21. The minimum Gasteiger partial charge on any atom is -0.463 e. The van der Waals surface area contributed by atoms with Crippen molar-refractivity contribution in [1.82, 2.24) is 0 Å². The SMILES string of the molecule is CCOC(=O)/C=C(C)/C=C/C=C(\C)c1ccc2c(c1)C1CCC2C1. The predicted octanol–water partition coefficient (Wildman–Crippen LogP) is 5.52. The van der Waals surface area contributed by atoms with Crippen LogP contribution in [0.3, 0.4) is 0 Å². The van der Waals surface area contributed by atoms with Crippen molar-refractivity contribution in [2.75, 3.05) is 6.61 Å². The molecular formula is C22H26O2. The fraction of sp³-hybridized carbons (Fsp3) is 0.409. The fourth-order valence-corrected chi connectivity index (χ4v) is 3.95. The first kappa shape index (κ1) is 16.8. The summed E-state index contributed by atoms with van der Waals surface area (Å²) in [6.07, 6.45) is 11.7. The van der Waals surface area contributed by atoms with Gasteiger partial charge in [-0.2, -0.15) is 0 Å². The van der Waals surface area contributed by atoms with Gasteiger partial charge < -0.3 is 4.74 Å². The standard InChI is InChI=1S/C22H26O2/c1-4-24-22(23)12-15(2)6-5-7-16(3)17-10-11-20-18-8-9-19(13-18)21(20)14-17/h5-7,10-12,14,18-19H,4,8-9,13H2,1-3H3/b6-5+,15-12+,16-7+. The van der Waals surface area contributed by atoms with E-state index in [9.17, 15) is 4.79 Å². The number of hydrogen-bond donors (Lipinski definition) is 0.